The second-order valence-corrected chi connectivity index (χ2v) is 6.81. The van der Waals surface area contributed by atoms with E-state index in [1.807, 2.05) is 0 Å². The van der Waals surface area contributed by atoms with Gasteiger partial charge in [0, 0.05) is 0 Å². The van der Waals surface area contributed by atoms with Crippen molar-refractivity contribution in [1.82, 2.24) is 0 Å². The van der Waals surface area contributed by atoms with Crippen LogP contribution in [0.1, 0.15) is 70.8 Å². The van der Waals surface area contributed by atoms with Gasteiger partial charge in [-0.3, -0.25) is 0 Å². The molecular weight excluding hydrogens is 264 g/mol. The van der Waals surface area contributed by atoms with E-state index in [-0.39, 0.29) is 0 Å². The van der Waals surface area contributed by atoms with Gasteiger partial charge in [0.2, 0.25) is 0 Å². The lowest BCUT2D eigenvalue weighted by molar-refractivity contribution is 0.471. The molecule has 2 aromatic carbocycles. The lowest BCUT2D eigenvalue weighted by atomic mass is 9.98. The van der Waals surface area contributed by atoms with Crippen molar-refractivity contribution in [3.63, 3.8) is 0 Å². The SMILES string of the molecule is CCC(C)CCCCCCCCc1cccc2ccccc12. The minimum atomic E-state index is 0.923. The van der Waals surface area contributed by atoms with E-state index in [0.29, 0.717) is 0 Å². The largest absolute Gasteiger partial charge is 0.0651 e. The van der Waals surface area contributed by atoms with E-state index >= 15 is 0 Å². The highest BCUT2D eigenvalue weighted by molar-refractivity contribution is 5.85. The lowest BCUT2D eigenvalue weighted by Gasteiger charge is -2.08. The van der Waals surface area contributed by atoms with Gasteiger partial charge in [-0.1, -0.05) is 101 Å². The molecule has 2 rings (SSSR count). The number of fused-ring (bicyclic) bond motifs is 1. The molecule has 2 aromatic rings. The van der Waals surface area contributed by atoms with Gasteiger partial charge in [-0.25, -0.2) is 0 Å². The molecule has 0 heteroatoms. The fourth-order valence-corrected chi connectivity index (χ4v) is 3.23. The molecule has 1 atom stereocenters. The zero-order valence-corrected chi connectivity index (χ0v) is 14.5. The molecule has 22 heavy (non-hydrogen) atoms. The predicted octanol–water partition coefficient (Wildman–Crippen LogP) is 7.16. The second kappa shape index (κ2) is 9.66. The first-order chi connectivity index (χ1) is 10.8. The van der Waals surface area contributed by atoms with Crippen LogP contribution in [0.5, 0.6) is 0 Å². The summed E-state index contributed by atoms with van der Waals surface area (Å²) in [6.07, 6.45) is 12.4. The molecule has 0 N–H and O–H groups in total. The molecule has 1 unspecified atom stereocenters. The van der Waals surface area contributed by atoms with Crippen LogP contribution in [-0.4, -0.2) is 0 Å². The predicted molar refractivity (Wildman–Crippen MR) is 99.4 cm³/mol. The standard InChI is InChI=1S/C22H32/c1-3-19(2)13-8-6-4-5-7-9-14-20-16-12-17-21-15-10-11-18-22(20)21/h10-12,15-19H,3-9,13-14H2,1-2H3. The molecule has 0 aromatic heterocycles. The maximum atomic E-state index is 2.38. The Morgan fingerprint density at radius 1 is 0.773 bits per heavy atom. The Bertz CT molecular complexity index is 535. The van der Waals surface area contributed by atoms with Crippen LogP contribution >= 0.6 is 0 Å². The van der Waals surface area contributed by atoms with Gasteiger partial charge in [0.15, 0.2) is 0 Å². The Kier molecular flexibility index (Phi) is 7.49. The van der Waals surface area contributed by atoms with Gasteiger partial charge in [-0.05, 0) is 35.1 Å². The molecule has 0 bridgehead atoms. The van der Waals surface area contributed by atoms with Crippen LogP contribution in [0.2, 0.25) is 0 Å². The third-order valence-electron chi connectivity index (χ3n) is 4.97. The van der Waals surface area contributed by atoms with E-state index in [2.05, 4.69) is 56.3 Å². The van der Waals surface area contributed by atoms with Gasteiger partial charge >= 0.3 is 0 Å². The summed E-state index contributed by atoms with van der Waals surface area (Å²) in [5, 5.41) is 2.82. The zero-order chi connectivity index (χ0) is 15.6. The fraction of sp³-hybridized carbons (Fsp3) is 0.545. The summed E-state index contributed by atoms with van der Waals surface area (Å²) in [4.78, 5) is 0. The van der Waals surface area contributed by atoms with Crippen LogP contribution in [0.15, 0.2) is 42.5 Å². The molecule has 0 spiro atoms. The average molecular weight is 296 g/mol. The summed E-state index contributed by atoms with van der Waals surface area (Å²) in [7, 11) is 0. The van der Waals surface area contributed by atoms with Crippen LogP contribution in [0.3, 0.4) is 0 Å². The molecule has 120 valence electrons. The van der Waals surface area contributed by atoms with Gasteiger partial charge in [0.1, 0.15) is 0 Å². The van der Waals surface area contributed by atoms with Gasteiger partial charge in [-0.2, -0.15) is 0 Å². The summed E-state index contributed by atoms with van der Waals surface area (Å²) in [5.41, 5.74) is 1.52. The quantitative estimate of drug-likeness (QED) is 0.408. The molecule has 0 fully saturated rings. The van der Waals surface area contributed by atoms with Crippen LogP contribution in [0, 0.1) is 5.92 Å². The van der Waals surface area contributed by atoms with Crippen molar-refractivity contribution in [1.29, 1.82) is 0 Å². The first-order valence-electron chi connectivity index (χ1n) is 9.28. The van der Waals surface area contributed by atoms with Crippen molar-refractivity contribution in [2.45, 2.75) is 71.6 Å². The molecule has 0 aliphatic carbocycles. The lowest BCUT2D eigenvalue weighted by Crippen LogP contribution is -1.92. The Balaban J connectivity index is 1.62. The van der Waals surface area contributed by atoms with Crippen molar-refractivity contribution in [2.24, 2.45) is 5.92 Å². The molecule has 0 amide bonds. The Morgan fingerprint density at radius 2 is 1.45 bits per heavy atom. The summed E-state index contributed by atoms with van der Waals surface area (Å²) in [5.74, 6) is 0.923. The Morgan fingerprint density at radius 3 is 2.27 bits per heavy atom. The number of unbranched alkanes of at least 4 members (excludes halogenated alkanes) is 5. The molecule has 0 aliphatic heterocycles. The number of rotatable bonds is 10. The highest BCUT2D eigenvalue weighted by atomic mass is 14.1. The minimum Gasteiger partial charge on any atom is -0.0651 e. The number of hydrogen-bond acceptors (Lipinski definition) is 0. The van der Waals surface area contributed by atoms with Crippen molar-refractivity contribution < 1.29 is 0 Å². The molecular formula is C22H32. The van der Waals surface area contributed by atoms with Crippen molar-refractivity contribution >= 4 is 10.8 Å². The van der Waals surface area contributed by atoms with Crippen molar-refractivity contribution in [2.75, 3.05) is 0 Å². The normalized spacial score (nSPS) is 12.6. The second-order valence-electron chi connectivity index (χ2n) is 6.81. The molecule has 0 heterocycles. The molecule has 0 aliphatic rings. The average Bonchev–Trinajstić information content (AvgIpc) is 2.57. The van der Waals surface area contributed by atoms with Gasteiger partial charge in [0.25, 0.3) is 0 Å². The summed E-state index contributed by atoms with van der Waals surface area (Å²) in [6.45, 7) is 4.68. The van der Waals surface area contributed by atoms with Gasteiger partial charge < -0.3 is 0 Å². The van der Waals surface area contributed by atoms with E-state index in [9.17, 15) is 0 Å². The topological polar surface area (TPSA) is 0 Å². The Hall–Kier alpha value is -1.30. The van der Waals surface area contributed by atoms with Gasteiger partial charge in [0.05, 0.1) is 0 Å². The maximum Gasteiger partial charge on any atom is -0.0152 e. The number of aryl methyl sites for hydroxylation is 1. The molecule has 0 radical (unpaired) electrons. The molecule has 0 nitrogen and oxygen atoms in total. The fourth-order valence-electron chi connectivity index (χ4n) is 3.23. The van der Waals surface area contributed by atoms with Crippen LogP contribution in [0.25, 0.3) is 10.8 Å². The third-order valence-corrected chi connectivity index (χ3v) is 4.97. The molecule has 0 saturated carbocycles. The summed E-state index contributed by atoms with van der Waals surface area (Å²) < 4.78 is 0. The van der Waals surface area contributed by atoms with E-state index in [1.165, 1.54) is 74.1 Å². The third kappa shape index (κ3) is 5.48. The van der Waals surface area contributed by atoms with Crippen molar-refractivity contribution in [3.05, 3.63) is 48.0 Å². The smallest absolute Gasteiger partial charge is 0.0152 e. The van der Waals surface area contributed by atoms with Crippen LogP contribution in [0.4, 0.5) is 0 Å². The van der Waals surface area contributed by atoms with Crippen LogP contribution in [-0.2, 0) is 6.42 Å². The number of hydrogen-bond donors (Lipinski definition) is 0. The van der Waals surface area contributed by atoms with E-state index in [4.69, 9.17) is 0 Å². The zero-order valence-electron chi connectivity index (χ0n) is 14.5. The first kappa shape index (κ1) is 17.1. The van der Waals surface area contributed by atoms with E-state index in [1.54, 1.807) is 0 Å². The molecule has 0 saturated heterocycles. The number of benzene rings is 2. The van der Waals surface area contributed by atoms with Crippen molar-refractivity contribution in [3.8, 4) is 0 Å². The summed E-state index contributed by atoms with van der Waals surface area (Å²) >= 11 is 0. The minimum absolute atomic E-state index is 0.923. The summed E-state index contributed by atoms with van der Waals surface area (Å²) in [6, 6.07) is 15.5. The monoisotopic (exact) mass is 296 g/mol. The van der Waals surface area contributed by atoms with Gasteiger partial charge in [-0.15, -0.1) is 0 Å². The Labute approximate surface area is 136 Å². The first-order valence-corrected chi connectivity index (χ1v) is 9.28. The maximum absolute atomic E-state index is 2.38. The highest BCUT2D eigenvalue weighted by Gasteiger charge is 2.01. The van der Waals surface area contributed by atoms with E-state index < -0.39 is 0 Å². The highest BCUT2D eigenvalue weighted by Crippen LogP contribution is 2.21. The van der Waals surface area contributed by atoms with E-state index in [0.717, 1.165) is 5.92 Å². The van der Waals surface area contributed by atoms with Crippen LogP contribution < -0.4 is 0 Å².